The van der Waals surface area contributed by atoms with E-state index >= 15 is 0 Å². The molecule has 1 aromatic carbocycles. The molecule has 1 heterocycles. The lowest BCUT2D eigenvalue weighted by Crippen LogP contribution is -2.16. The molecular formula is C17H21ClN2O. The lowest BCUT2D eigenvalue weighted by atomic mass is 9.96. The Balaban J connectivity index is 2.29. The van der Waals surface area contributed by atoms with Crippen LogP contribution in [0.4, 0.5) is 0 Å². The van der Waals surface area contributed by atoms with E-state index in [1.165, 1.54) is 0 Å². The van der Waals surface area contributed by atoms with Gasteiger partial charge in [-0.25, -0.2) is 0 Å². The van der Waals surface area contributed by atoms with Crippen molar-refractivity contribution in [3.05, 3.63) is 57.4 Å². The first kappa shape index (κ1) is 15.8. The van der Waals surface area contributed by atoms with E-state index in [4.69, 9.17) is 22.1 Å². The Labute approximate surface area is 131 Å². The summed E-state index contributed by atoms with van der Waals surface area (Å²) in [6.07, 6.45) is 2.51. The standard InChI is InChI=1S/C17H21ClN2O/c1-10-7-13(18)5-6-14(10)15(19)8-16-12(3)17(21-4)11(2)9-20-16/h5-7,9,15H,8,19H2,1-4H3. The van der Waals surface area contributed by atoms with E-state index in [2.05, 4.69) is 4.98 Å². The summed E-state index contributed by atoms with van der Waals surface area (Å²) in [5.74, 6) is 0.889. The summed E-state index contributed by atoms with van der Waals surface area (Å²) in [6, 6.07) is 5.69. The minimum atomic E-state index is -0.110. The maximum absolute atomic E-state index is 6.35. The maximum atomic E-state index is 6.35. The van der Waals surface area contributed by atoms with E-state index in [0.29, 0.717) is 6.42 Å². The van der Waals surface area contributed by atoms with Crippen molar-refractivity contribution in [1.29, 1.82) is 0 Å². The average Bonchev–Trinajstić information content (AvgIpc) is 2.42. The van der Waals surface area contributed by atoms with Gasteiger partial charge in [0.15, 0.2) is 0 Å². The first-order chi connectivity index (χ1) is 9.93. The summed E-state index contributed by atoms with van der Waals surface area (Å²) in [6.45, 7) is 6.04. The van der Waals surface area contributed by atoms with E-state index in [1.807, 2.05) is 45.2 Å². The highest BCUT2D eigenvalue weighted by Gasteiger charge is 2.15. The highest BCUT2D eigenvalue weighted by Crippen LogP contribution is 2.28. The van der Waals surface area contributed by atoms with Gasteiger partial charge in [-0.1, -0.05) is 17.7 Å². The molecule has 1 atom stereocenters. The Hall–Kier alpha value is -1.58. The van der Waals surface area contributed by atoms with Gasteiger partial charge in [-0.3, -0.25) is 4.98 Å². The van der Waals surface area contributed by atoms with Crippen LogP contribution in [-0.4, -0.2) is 12.1 Å². The van der Waals surface area contributed by atoms with E-state index in [9.17, 15) is 0 Å². The summed E-state index contributed by atoms with van der Waals surface area (Å²) in [5.41, 5.74) is 11.6. The van der Waals surface area contributed by atoms with Crippen LogP contribution in [0.15, 0.2) is 24.4 Å². The van der Waals surface area contributed by atoms with Crippen molar-refractivity contribution >= 4 is 11.6 Å². The van der Waals surface area contributed by atoms with Crippen LogP contribution in [0.5, 0.6) is 5.75 Å². The van der Waals surface area contributed by atoms with Gasteiger partial charge in [0, 0.05) is 40.5 Å². The second-order valence-electron chi connectivity index (χ2n) is 5.36. The number of halogens is 1. The van der Waals surface area contributed by atoms with Crippen LogP contribution in [0.25, 0.3) is 0 Å². The quantitative estimate of drug-likeness (QED) is 0.931. The number of aromatic nitrogens is 1. The molecule has 21 heavy (non-hydrogen) atoms. The number of hydrogen-bond acceptors (Lipinski definition) is 3. The van der Waals surface area contributed by atoms with Gasteiger partial charge in [0.2, 0.25) is 0 Å². The zero-order chi connectivity index (χ0) is 15.6. The third-order valence-corrected chi connectivity index (χ3v) is 4.03. The summed E-state index contributed by atoms with van der Waals surface area (Å²) in [7, 11) is 1.68. The largest absolute Gasteiger partial charge is 0.496 e. The highest BCUT2D eigenvalue weighted by molar-refractivity contribution is 6.30. The Kier molecular flexibility index (Phi) is 4.86. The van der Waals surface area contributed by atoms with Gasteiger partial charge in [-0.2, -0.15) is 0 Å². The number of aryl methyl sites for hydroxylation is 2. The van der Waals surface area contributed by atoms with Crippen LogP contribution in [-0.2, 0) is 6.42 Å². The third kappa shape index (κ3) is 3.36. The van der Waals surface area contributed by atoms with Crippen LogP contribution in [0.3, 0.4) is 0 Å². The fraction of sp³-hybridized carbons (Fsp3) is 0.353. The number of pyridine rings is 1. The molecule has 0 aliphatic rings. The smallest absolute Gasteiger partial charge is 0.128 e. The van der Waals surface area contributed by atoms with Crippen molar-refractivity contribution < 1.29 is 4.74 Å². The van der Waals surface area contributed by atoms with Crippen LogP contribution < -0.4 is 10.5 Å². The van der Waals surface area contributed by atoms with Crippen molar-refractivity contribution in [1.82, 2.24) is 4.98 Å². The molecule has 2 N–H and O–H groups in total. The fourth-order valence-corrected chi connectivity index (χ4v) is 2.88. The zero-order valence-electron chi connectivity index (χ0n) is 12.9. The first-order valence-corrected chi connectivity index (χ1v) is 7.32. The SMILES string of the molecule is COc1c(C)cnc(CC(N)c2ccc(Cl)cc2C)c1C. The van der Waals surface area contributed by atoms with Gasteiger partial charge in [-0.15, -0.1) is 0 Å². The van der Waals surface area contributed by atoms with Gasteiger partial charge in [0.25, 0.3) is 0 Å². The van der Waals surface area contributed by atoms with Gasteiger partial charge in [-0.05, 0) is 44.0 Å². The molecule has 2 aromatic rings. The van der Waals surface area contributed by atoms with Crippen LogP contribution >= 0.6 is 11.6 Å². The molecule has 0 aliphatic carbocycles. The average molecular weight is 305 g/mol. The van der Waals surface area contributed by atoms with Gasteiger partial charge in [0.1, 0.15) is 5.75 Å². The fourth-order valence-electron chi connectivity index (χ4n) is 2.65. The van der Waals surface area contributed by atoms with Crippen molar-refractivity contribution in [2.24, 2.45) is 5.73 Å². The number of ether oxygens (including phenoxy) is 1. The van der Waals surface area contributed by atoms with Gasteiger partial charge >= 0.3 is 0 Å². The zero-order valence-corrected chi connectivity index (χ0v) is 13.7. The third-order valence-electron chi connectivity index (χ3n) is 3.79. The normalized spacial score (nSPS) is 12.3. The number of nitrogens with zero attached hydrogens (tertiary/aromatic N) is 1. The van der Waals surface area contributed by atoms with Crippen molar-refractivity contribution in [3.8, 4) is 5.75 Å². The number of benzene rings is 1. The maximum Gasteiger partial charge on any atom is 0.128 e. The molecule has 0 aliphatic heterocycles. The topological polar surface area (TPSA) is 48.1 Å². The molecule has 3 nitrogen and oxygen atoms in total. The monoisotopic (exact) mass is 304 g/mol. The number of hydrogen-bond donors (Lipinski definition) is 1. The molecular weight excluding hydrogens is 284 g/mol. The van der Waals surface area contributed by atoms with Crippen LogP contribution in [0.1, 0.15) is 34.0 Å². The summed E-state index contributed by atoms with van der Waals surface area (Å²) in [4.78, 5) is 4.51. The predicted octanol–water partition coefficient (Wildman–Crippen LogP) is 3.91. The minimum Gasteiger partial charge on any atom is -0.496 e. The minimum absolute atomic E-state index is 0.110. The first-order valence-electron chi connectivity index (χ1n) is 6.94. The molecule has 4 heteroatoms. The second kappa shape index (κ2) is 6.46. The Morgan fingerprint density at radius 2 is 1.95 bits per heavy atom. The van der Waals surface area contributed by atoms with Crippen molar-refractivity contribution in [2.45, 2.75) is 33.2 Å². The molecule has 1 aromatic heterocycles. The lowest BCUT2D eigenvalue weighted by Gasteiger charge is -2.17. The van der Waals surface area contributed by atoms with Gasteiger partial charge < -0.3 is 10.5 Å². The Morgan fingerprint density at radius 3 is 2.57 bits per heavy atom. The highest BCUT2D eigenvalue weighted by atomic mass is 35.5. The Morgan fingerprint density at radius 1 is 1.24 bits per heavy atom. The number of methoxy groups -OCH3 is 1. The van der Waals surface area contributed by atoms with Crippen LogP contribution in [0, 0.1) is 20.8 Å². The molecule has 0 spiro atoms. The Bertz CT molecular complexity index is 655. The molecule has 2 rings (SSSR count). The second-order valence-corrected chi connectivity index (χ2v) is 5.79. The predicted molar refractivity (Wildman–Crippen MR) is 87.1 cm³/mol. The van der Waals surface area contributed by atoms with Crippen molar-refractivity contribution in [3.63, 3.8) is 0 Å². The number of nitrogens with two attached hydrogens (primary N) is 1. The van der Waals surface area contributed by atoms with E-state index in [0.717, 1.165) is 38.7 Å². The molecule has 0 bridgehead atoms. The summed E-state index contributed by atoms with van der Waals surface area (Å²) >= 11 is 5.99. The van der Waals surface area contributed by atoms with E-state index < -0.39 is 0 Å². The summed E-state index contributed by atoms with van der Waals surface area (Å²) < 4.78 is 5.44. The summed E-state index contributed by atoms with van der Waals surface area (Å²) in [5, 5.41) is 0.731. The molecule has 112 valence electrons. The van der Waals surface area contributed by atoms with E-state index in [1.54, 1.807) is 7.11 Å². The molecule has 0 saturated heterocycles. The molecule has 0 amide bonds. The molecule has 1 unspecified atom stereocenters. The van der Waals surface area contributed by atoms with E-state index in [-0.39, 0.29) is 6.04 Å². The lowest BCUT2D eigenvalue weighted by molar-refractivity contribution is 0.406. The van der Waals surface area contributed by atoms with Gasteiger partial charge in [0.05, 0.1) is 7.11 Å². The van der Waals surface area contributed by atoms with Crippen LogP contribution in [0.2, 0.25) is 5.02 Å². The van der Waals surface area contributed by atoms with Crippen molar-refractivity contribution in [2.75, 3.05) is 7.11 Å². The number of rotatable bonds is 4. The molecule has 0 saturated carbocycles. The molecule has 0 fully saturated rings. The molecule has 0 radical (unpaired) electrons.